The number of pyridine rings is 1. The molecule has 2 aromatic carbocycles. The fraction of sp³-hybridized carbons (Fsp3) is 0.0909. The molecule has 7 heteroatoms. The molecule has 0 aliphatic heterocycles. The van der Waals surface area contributed by atoms with E-state index >= 15 is 0 Å². The molecule has 3 rings (SSSR count). The molecule has 3 aromatic rings. The third kappa shape index (κ3) is 5.32. The first kappa shape index (κ1) is 19.9. The van der Waals surface area contributed by atoms with E-state index in [1.165, 1.54) is 18.2 Å². The first-order valence-electron chi connectivity index (χ1n) is 8.78. The molecule has 0 atom stereocenters. The number of halogens is 1. The van der Waals surface area contributed by atoms with Crippen molar-refractivity contribution in [3.05, 3.63) is 78.3 Å². The van der Waals surface area contributed by atoms with Gasteiger partial charge in [-0.05, 0) is 60.2 Å². The minimum absolute atomic E-state index is 0.324. The van der Waals surface area contributed by atoms with Gasteiger partial charge in [-0.25, -0.2) is 9.37 Å². The van der Waals surface area contributed by atoms with Crippen LogP contribution in [0.25, 0.3) is 6.08 Å². The summed E-state index contributed by atoms with van der Waals surface area (Å²) in [5.74, 6) is 0.987. The number of benzene rings is 2. The van der Waals surface area contributed by atoms with Crippen LogP contribution in [0.3, 0.4) is 0 Å². The third-order valence-corrected chi connectivity index (χ3v) is 4.01. The first-order valence-corrected chi connectivity index (χ1v) is 8.78. The summed E-state index contributed by atoms with van der Waals surface area (Å²) in [6, 6.07) is 14.7. The van der Waals surface area contributed by atoms with Crippen LogP contribution in [0.4, 0.5) is 21.6 Å². The number of anilines is 3. The van der Waals surface area contributed by atoms with E-state index in [9.17, 15) is 9.18 Å². The van der Waals surface area contributed by atoms with E-state index in [1.807, 2.05) is 6.07 Å². The Morgan fingerprint density at radius 1 is 1.03 bits per heavy atom. The van der Waals surface area contributed by atoms with Crippen LogP contribution in [0.15, 0.2) is 66.9 Å². The third-order valence-electron chi connectivity index (χ3n) is 4.01. The molecule has 0 bridgehead atoms. The van der Waals surface area contributed by atoms with Crippen LogP contribution >= 0.6 is 0 Å². The Bertz CT molecular complexity index is 1020. The van der Waals surface area contributed by atoms with Crippen LogP contribution in [0, 0.1) is 5.82 Å². The average Bonchev–Trinajstić information content (AvgIpc) is 2.75. The molecule has 1 heterocycles. The van der Waals surface area contributed by atoms with E-state index in [1.54, 1.807) is 62.9 Å². The number of amides is 1. The van der Waals surface area contributed by atoms with Gasteiger partial charge in [0.05, 0.1) is 19.9 Å². The highest BCUT2D eigenvalue weighted by molar-refractivity contribution is 6.03. The maximum Gasteiger partial charge on any atom is 0.248 e. The Labute approximate surface area is 168 Å². The van der Waals surface area contributed by atoms with Crippen LogP contribution in [-0.4, -0.2) is 25.1 Å². The molecule has 29 heavy (non-hydrogen) atoms. The van der Waals surface area contributed by atoms with E-state index < -0.39 is 0 Å². The molecule has 0 radical (unpaired) electrons. The summed E-state index contributed by atoms with van der Waals surface area (Å²) < 4.78 is 23.5. The second-order valence-electron chi connectivity index (χ2n) is 5.97. The monoisotopic (exact) mass is 393 g/mol. The highest BCUT2D eigenvalue weighted by Crippen LogP contribution is 2.28. The van der Waals surface area contributed by atoms with Gasteiger partial charge in [0, 0.05) is 18.0 Å². The maximum absolute atomic E-state index is 13.1. The predicted octanol–water partition coefficient (Wildman–Crippen LogP) is 4.63. The van der Waals surface area contributed by atoms with Gasteiger partial charge in [-0.2, -0.15) is 0 Å². The Morgan fingerprint density at radius 2 is 1.79 bits per heavy atom. The molecule has 0 saturated carbocycles. The molecular weight excluding hydrogens is 373 g/mol. The van der Waals surface area contributed by atoms with E-state index in [4.69, 9.17) is 9.47 Å². The fourth-order valence-corrected chi connectivity index (χ4v) is 2.58. The predicted molar refractivity (Wildman–Crippen MR) is 111 cm³/mol. The average molecular weight is 393 g/mol. The van der Waals surface area contributed by atoms with Crippen LogP contribution in [0.5, 0.6) is 11.5 Å². The van der Waals surface area contributed by atoms with Gasteiger partial charge >= 0.3 is 0 Å². The van der Waals surface area contributed by atoms with Gasteiger partial charge < -0.3 is 20.1 Å². The maximum atomic E-state index is 13.1. The number of ether oxygens (including phenoxy) is 2. The summed E-state index contributed by atoms with van der Waals surface area (Å²) in [6.07, 6.45) is 4.68. The lowest BCUT2D eigenvalue weighted by Crippen LogP contribution is -2.10. The van der Waals surface area contributed by atoms with Gasteiger partial charge in [0.25, 0.3) is 0 Å². The van der Waals surface area contributed by atoms with Crippen LogP contribution in [0.1, 0.15) is 5.56 Å². The summed E-state index contributed by atoms with van der Waals surface area (Å²) in [5.41, 5.74) is 1.94. The molecule has 1 aromatic heterocycles. The highest BCUT2D eigenvalue weighted by atomic mass is 19.1. The number of nitrogens with zero attached hydrogens (tertiary/aromatic N) is 1. The molecule has 0 unspecified atom stereocenters. The van der Waals surface area contributed by atoms with Crippen LogP contribution in [-0.2, 0) is 4.79 Å². The summed E-state index contributed by atoms with van der Waals surface area (Å²) in [7, 11) is 3.11. The molecule has 0 aliphatic rings. The van der Waals surface area contributed by atoms with Crippen molar-refractivity contribution >= 4 is 29.2 Å². The summed E-state index contributed by atoms with van der Waals surface area (Å²) >= 11 is 0. The second-order valence-corrected chi connectivity index (χ2v) is 5.97. The Hall–Kier alpha value is -3.87. The second kappa shape index (κ2) is 9.36. The normalized spacial score (nSPS) is 10.6. The summed E-state index contributed by atoms with van der Waals surface area (Å²) in [4.78, 5) is 16.6. The molecule has 0 saturated heterocycles. The lowest BCUT2D eigenvalue weighted by atomic mass is 10.2. The minimum atomic E-state index is -0.328. The number of methoxy groups -OCH3 is 2. The van der Waals surface area contributed by atoms with Crippen molar-refractivity contribution in [2.45, 2.75) is 0 Å². The van der Waals surface area contributed by atoms with Gasteiger partial charge in [-0.1, -0.05) is 6.07 Å². The van der Waals surface area contributed by atoms with E-state index in [-0.39, 0.29) is 11.7 Å². The van der Waals surface area contributed by atoms with Gasteiger partial charge in [-0.15, -0.1) is 0 Å². The summed E-state index contributed by atoms with van der Waals surface area (Å²) in [6.45, 7) is 0. The van der Waals surface area contributed by atoms with Crippen molar-refractivity contribution in [2.75, 3.05) is 24.9 Å². The molecule has 0 aliphatic carbocycles. The number of nitrogens with one attached hydrogen (secondary N) is 2. The number of aromatic nitrogens is 1. The lowest BCUT2D eigenvalue weighted by Gasteiger charge is -2.11. The Morgan fingerprint density at radius 3 is 2.52 bits per heavy atom. The van der Waals surface area contributed by atoms with Crippen LogP contribution in [0.2, 0.25) is 0 Å². The smallest absolute Gasteiger partial charge is 0.248 e. The molecule has 0 fully saturated rings. The van der Waals surface area contributed by atoms with E-state index in [2.05, 4.69) is 15.6 Å². The molecule has 1 amide bonds. The standard InChI is InChI=1S/C22H20FN3O3/c1-28-19-11-5-15(14-20(19)29-2)6-12-21(27)26-18-4-3-13-24-22(18)25-17-9-7-16(23)8-10-17/h3-14H,1-2H3,(H,24,25)(H,26,27)/b12-6+. The van der Waals surface area contributed by atoms with Gasteiger partial charge in [0.1, 0.15) is 5.82 Å². The number of hydrogen-bond acceptors (Lipinski definition) is 5. The van der Waals surface area contributed by atoms with Gasteiger partial charge in [-0.3, -0.25) is 4.79 Å². The van der Waals surface area contributed by atoms with Crippen molar-refractivity contribution in [1.29, 1.82) is 0 Å². The quantitative estimate of drug-likeness (QED) is 0.573. The fourth-order valence-electron chi connectivity index (χ4n) is 2.58. The molecule has 0 spiro atoms. The van der Waals surface area contributed by atoms with Crippen molar-refractivity contribution in [2.24, 2.45) is 0 Å². The number of rotatable bonds is 7. The topological polar surface area (TPSA) is 72.5 Å². The minimum Gasteiger partial charge on any atom is -0.493 e. The first-order chi connectivity index (χ1) is 14.1. The SMILES string of the molecule is COc1ccc(/C=C/C(=O)Nc2cccnc2Nc2ccc(F)cc2)cc1OC. The van der Waals surface area contributed by atoms with Crippen molar-refractivity contribution < 1.29 is 18.7 Å². The highest BCUT2D eigenvalue weighted by Gasteiger charge is 2.07. The van der Waals surface area contributed by atoms with Crippen molar-refractivity contribution in [3.8, 4) is 11.5 Å². The number of carbonyl (C=O) groups excluding carboxylic acids is 1. The molecule has 148 valence electrons. The number of hydrogen-bond donors (Lipinski definition) is 2. The largest absolute Gasteiger partial charge is 0.493 e. The van der Waals surface area contributed by atoms with E-state index in [0.717, 1.165) is 5.56 Å². The Balaban J connectivity index is 1.71. The van der Waals surface area contributed by atoms with Crippen molar-refractivity contribution in [3.63, 3.8) is 0 Å². The number of carbonyl (C=O) groups is 1. The van der Waals surface area contributed by atoms with Gasteiger partial charge in [0.15, 0.2) is 17.3 Å². The van der Waals surface area contributed by atoms with Crippen molar-refractivity contribution in [1.82, 2.24) is 4.98 Å². The zero-order chi connectivity index (χ0) is 20.6. The summed E-state index contributed by atoms with van der Waals surface area (Å²) in [5, 5.41) is 5.84. The van der Waals surface area contributed by atoms with E-state index in [0.29, 0.717) is 28.7 Å². The van der Waals surface area contributed by atoms with Crippen LogP contribution < -0.4 is 20.1 Å². The molecule has 2 N–H and O–H groups in total. The van der Waals surface area contributed by atoms with Gasteiger partial charge in [0.2, 0.25) is 5.91 Å². The molecular formula is C22H20FN3O3. The zero-order valence-corrected chi connectivity index (χ0v) is 16.0. The zero-order valence-electron chi connectivity index (χ0n) is 16.0. The lowest BCUT2D eigenvalue weighted by molar-refractivity contribution is -0.111. The Kier molecular flexibility index (Phi) is 6.42. The molecule has 6 nitrogen and oxygen atoms in total.